The third-order valence-corrected chi connectivity index (χ3v) is 5.65. The lowest BCUT2D eigenvalue weighted by Crippen LogP contribution is -2.40. The van der Waals surface area contributed by atoms with Gasteiger partial charge in [0.25, 0.3) is 0 Å². The molecule has 3 heterocycles. The van der Waals surface area contributed by atoms with Crippen LogP contribution in [-0.4, -0.2) is 29.4 Å². The van der Waals surface area contributed by atoms with E-state index in [2.05, 4.69) is 15.6 Å². The lowest BCUT2D eigenvalue weighted by molar-refractivity contribution is 0.0499. The number of hydrogen-bond donors (Lipinski definition) is 2. The van der Waals surface area contributed by atoms with Crippen molar-refractivity contribution >= 4 is 45.8 Å². The molecule has 0 bridgehead atoms. The number of alkyl halides is 1. The maximum absolute atomic E-state index is 13.1. The second-order valence-electron chi connectivity index (χ2n) is 8.28. The zero-order chi connectivity index (χ0) is 22.6. The zero-order valence-corrected chi connectivity index (χ0v) is 19.6. The first-order valence-electron chi connectivity index (χ1n) is 10.1. The van der Waals surface area contributed by atoms with E-state index < -0.39 is 24.4 Å². The van der Waals surface area contributed by atoms with Crippen LogP contribution in [0, 0.1) is 6.92 Å². The van der Waals surface area contributed by atoms with Gasteiger partial charge in [0, 0.05) is 35.5 Å². The third kappa shape index (κ3) is 6.33. The number of pyridine rings is 1. The van der Waals surface area contributed by atoms with Gasteiger partial charge < -0.3 is 19.8 Å². The Morgan fingerprint density at radius 2 is 2.19 bits per heavy atom. The summed E-state index contributed by atoms with van der Waals surface area (Å²) in [5.74, 6) is 0.624. The van der Waals surface area contributed by atoms with E-state index in [0.29, 0.717) is 35.0 Å². The number of anilines is 1. The average molecular weight is 468 g/mol. The molecule has 3 aromatic heterocycles. The fourth-order valence-electron chi connectivity index (χ4n) is 3.17. The molecule has 31 heavy (non-hydrogen) atoms. The van der Waals surface area contributed by atoms with Crippen molar-refractivity contribution in [3.8, 4) is 0 Å². The standard InChI is InChI=1S/C22H27ClFN3O3S/c1-13-17(10-14(7-8-24)26-21(28)30-22(2,3)4)29-20-16(11-18(23)27-19(13)20)25-12-15-6-5-9-31-15/h5-6,9,11,14H,7-8,10,12H2,1-4H3,(H,25,27)(H,26,28)/t14-/m0/s1. The Kier molecular flexibility index (Phi) is 7.43. The monoisotopic (exact) mass is 467 g/mol. The summed E-state index contributed by atoms with van der Waals surface area (Å²) in [6.45, 7) is 7.28. The minimum atomic E-state index is -0.635. The maximum Gasteiger partial charge on any atom is 0.407 e. The van der Waals surface area contributed by atoms with Crippen molar-refractivity contribution in [2.75, 3.05) is 12.0 Å². The van der Waals surface area contributed by atoms with Crippen molar-refractivity contribution < 1.29 is 18.3 Å². The van der Waals surface area contributed by atoms with Gasteiger partial charge in [-0.2, -0.15) is 0 Å². The molecule has 0 aliphatic rings. The van der Waals surface area contributed by atoms with Crippen LogP contribution < -0.4 is 10.6 Å². The SMILES string of the molecule is Cc1c(C[C@H](CCF)NC(=O)OC(C)(C)C)oc2c(NCc3cccs3)cc(Cl)nc12. The molecule has 168 valence electrons. The molecule has 2 N–H and O–H groups in total. The average Bonchev–Trinajstić information content (AvgIpc) is 3.28. The summed E-state index contributed by atoms with van der Waals surface area (Å²) < 4.78 is 24.6. The molecular formula is C22H27ClFN3O3S. The highest BCUT2D eigenvalue weighted by Crippen LogP contribution is 2.33. The number of alkyl carbamates (subject to hydrolysis) is 1. The molecule has 3 aromatic rings. The van der Waals surface area contributed by atoms with E-state index in [9.17, 15) is 9.18 Å². The predicted molar refractivity (Wildman–Crippen MR) is 123 cm³/mol. The van der Waals surface area contributed by atoms with Gasteiger partial charge in [0.15, 0.2) is 5.58 Å². The van der Waals surface area contributed by atoms with Crippen LogP contribution in [-0.2, 0) is 17.7 Å². The van der Waals surface area contributed by atoms with E-state index in [0.717, 1.165) is 11.3 Å². The molecule has 3 rings (SSSR count). The lowest BCUT2D eigenvalue weighted by Gasteiger charge is -2.23. The molecule has 9 heteroatoms. The Hall–Kier alpha value is -2.32. The molecule has 0 fully saturated rings. The number of carbonyl (C=O) groups excluding carboxylic acids is 1. The fourth-order valence-corrected chi connectivity index (χ4v) is 4.01. The van der Waals surface area contributed by atoms with E-state index in [1.165, 1.54) is 4.88 Å². The Balaban J connectivity index is 1.82. The Bertz CT molecular complexity index is 1030. The number of carbonyl (C=O) groups is 1. The van der Waals surface area contributed by atoms with Crippen molar-refractivity contribution in [3.05, 3.63) is 44.9 Å². The van der Waals surface area contributed by atoms with Crippen molar-refractivity contribution in [1.29, 1.82) is 0 Å². The van der Waals surface area contributed by atoms with Crippen molar-refractivity contribution in [2.24, 2.45) is 0 Å². The molecule has 0 saturated carbocycles. The van der Waals surface area contributed by atoms with E-state index in [-0.39, 0.29) is 6.42 Å². The minimum absolute atomic E-state index is 0.146. The van der Waals surface area contributed by atoms with Gasteiger partial charge in [-0.25, -0.2) is 9.78 Å². The number of aryl methyl sites for hydroxylation is 1. The zero-order valence-electron chi connectivity index (χ0n) is 18.1. The number of furan rings is 1. The Labute approximate surface area is 190 Å². The first-order valence-corrected chi connectivity index (χ1v) is 11.3. The number of nitrogens with zero attached hydrogens (tertiary/aromatic N) is 1. The van der Waals surface area contributed by atoms with Gasteiger partial charge in [-0.15, -0.1) is 11.3 Å². The summed E-state index contributed by atoms with van der Waals surface area (Å²) in [4.78, 5) is 17.7. The molecular weight excluding hydrogens is 441 g/mol. The van der Waals surface area contributed by atoms with E-state index >= 15 is 0 Å². The maximum atomic E-state index is 13.1. The van der Waals surface area contributed by atoms with Gasteiger partial charge in [0.2, 0.25) is 0 Å². The van der Waals surface area contributed by atoms with Crippen molar-refractivity contribution in [3.63, 3.8) is 0 Å². The van der Waals surface area contributed by atoms with E-state index in [1.54, 1.807) is 38.2 Å². The predicted octanol–water partition coefficient (Wildman–Crippen LogP) is 6.26. The number of halogens is 2. The number of fused-ring (bicyclic) bond motifs is 1. The van der Waals surface area contributed by atoms with Crippen LogP contribution in [0.2, 0.25) is 5.15 Å². The highest BCUT2D eigenvalue weighted by atomic mass is 35.5. The highest BCUT2D eigenvalue weighted by molar-refractivity contribution is 7.09. The summed E-state index contributed by atoms with van der Waals surface area (Å²) in [5.41, 5.74) is 2.15. The first-order chi connectivity index (χ1) is 14.7. The Morgan fingerprint density at radius 1 is 1.42 bits per heavy atom. The summed E-state index contributed by atoms with van der Waals surface area (Å²) in [7, 11) is 0. The molecule has 6 nitrogen and oxygen atoms in total. The second kappa shape index (κ2) is 9.87. The summed E-state index contributed by atoms with van der Waals surface area (Å²) in [6, 6.07) is 5.29. The van der Waals surface area contributed by atoms with Gasteiger partial charge in [-0.1, -0.05) is 17.7 Å². The number of thiophene rings is 1. The molecule has 1 amide bonds. The topological polar surface area (TPSA) is 76.4 Å². The number of ether oxygens (including phenoxy) is 1. The smallest absolute Gasteiger partial charge is 0.407 e. The quantitative estimate of drug-likeness (QED) is 0.382. The van der Waals surface area contributed by atoms with Gasteiger partial charge in [0.1, 0.15) is 22.0 Å². The summed E-state index contributed by atoms with van der Waals surface area (Å²) in [6.07, 6.45) is -0.125. The van der Waals surface area contributed by atoms with Crippen molar-refractivity contribution in [2.45, 2.75) is 58.7 Å². The summed E-state index contributed by atoms with van der Waals surface area (Å²) in [5, 5.41) is 8.46. The molecule has 0 radical (unpaired) electrons. The van der Waals surface area contributed by atoms with Gasteiger partial charge in [-0.3, -0.25) is 4.39 Å². The number of nitrogens with one attached hydrogen (secondary N) is 2. The van der Waals surface area contributed by atoms with Crippen molar-refractivity contribution in [1.82, 2.24) is 10.3 Å². The first kappa shape index (κ1) is 23.3. The normalized spacial score (nSPS) is 12.7. The van der Waals surface area contributed by atoms with Crippen LogP contribution in [0.4, 0.5) is 14.9 Å². The molecule has 0 saturated heterocycles. The van der Waals surface area contributed by atoms with Crippen LogP contribution in [0.5, 0.6) is 0 Å². The van der Waals surface area contributed by atoms with Crippen LogP contribution in [0.3, 0.4) is 0 Å². The highest BCUT2D eigenvalue weighted by Gasteiger charge is 2.23. The number of rotatable bonds is 8. The number of aromatic nitrogens is 1. The molecule has 0 unspecified atom stereocenters. The minimum Gasteiger partial charge on any atom is -0.457 e. The van der Waals surface area contributed by atoms with Gasteiger partial charge in [-0.05, 0) is 45.6 Å². The van der Waals surface area contributed by atoms with Crippen LogP contribution in [0.25, 0.3) is 11.1 Å². The van der Waals surface area contributed by atoms with Crippen LogP contribution in [0.15, 0.2) is 28.0 Å². The van der Waals surface area contributed by atoms with E-state index in [1.807, 2.05) is 24.4 Å². The van der Waals surface area contributed by atoms with Crippen LogP contribution >= 0.6 is 22.9 Å². The summed E-state index contributed by atoms with van der Waals surface area (Å²) >= 11 is 7.89. The lowest BCUT2D eigenvalue weighted by atomic mass is 10.1. The largest absolute Gasteiger partial charge is 0.457 e. The molecule has 1 atom stereocenters. The Morgan fingerprint density at radius 3 is 2.84 bits per heavy atom. The molecule has 0 aliphatic carbocycles. The van der Waals surface area contributed by atoms with Crippen LogP contribution in [0.1, 0.15) is 43.4 Å². The third-order valence-electron chi connectivity index (χ3n) is 4.58. The molecule has 0 aromatic carbocycles. The van der Waals surface area contributed by atoms with Gasteiger partial charge in [0.05, 0.1) is 12.4 Å². The fraction of sp³-hybridized carbons (Fsp3) is 0.455. The van der Waals surface area contributed by atoms with E-state index in [4.69, 9.17) is 20.8 Å². The van der Waals surface area contributed by atoms with Gasteiger partial charge >= 0.3 is 6.09 Å². The number of amides is 1. The molecule has 0 aliphatic heterocycles. The molecule has 0 spiro atoms. The second-order valence-corrected chi connectivity index (χ2v) is 9.70. The number of hydrogen-bond acceptors (Lipinski definition) is 6.